The first-order valence-electron chi connectivity index (χ1n) is 5.95. The molecule has 1 rings (SSSR count). The van der Waals surface area contributed by atoms with E-state index in [2.05, 4.69) is 0 Å². The lowest BCUT2D eigenvalue weighted by atomic mass is 10.3. The normalized spacial score (nSPS) is 15.4. The SMILES string of the molecule is C[C@H](O)CN(C[C@@H](C)O)S(=O)(=O)c1ccc(N)cc1. The van der Waals surface area contributed by atoms with E-state index in [1.165, 1.54) is 38.1 Å². The lowest BCUT2D eigenvalue weighted by Gasteiger charge is -2.24. The first-order chi connectivity index (χ1) is 8.73. The highest BCUT2D eigenvalue weighted by Crippen LogP contribution is 2.18. The maximum Gasteiger partial charge on any atom is 0.243 e. The summed E-state index contributed by atoms with van der Waals surface area (Å²) in [6.07, 6.45) is -1.63. The minimum Gasteiger partial charge on any atom is -0.399 e. The number of hydrogen-bond acceptors (Lipinski definition) is 5. The van der Waals surface area contributed by atoms with Gasteiger partial charge in [0.25, 0.3) is 0 Å². The summed E-state index contributed by atoms with van der Waals surface area (Å²) in [4.78, 5) is 0.0861. The number of aliphatic hydroxyl groups is 2. The lowest BCUT2D eigenvalue weighted by Crippen LogP contribution is -2.40. The Morgan fingerprint density at radius 2 is 1.53 bits per heavy atom. The van der Waals surface area contributed by atoms with E-state index in [-0.39, 0.29) is 18.0 Å². The minimum atomic E-state index is -3.75. The number of benzene rings is 1. The van der Waals surface area contributed by atoms with Crippen molar-refractivity contribution in [3.63, 3.8) is 0 Å². The molecular weight excluding hydrogens is 268 g/mol. The van der Waals surface area contributed by atoms with Crippen molar-refractivity contribution in [1.29, 1.82) is 0 Å². The molecule has 0 bridgehead atoms. The van der Waals surface area contributed by atoms with Crippen LogP contribution in [-0.2, 0) is 10.0 Å². The third kappa shape index (κ3) is 4.46. The number of rotatable bonds is 6. The van der Waals surface area contributed by atoms with Crippen LogP contribution in [0, 0.1) is 0 Å². The lowest BCUT2D eigenvalue weighted by molar-refractivity contribution is 0.125. The fourth-order valence-electron chi connectivity index (χ4n) is 1.65. The zero-order chi connectivity index (χ0) is 14.6. The number of nitrogen functional groups attached to an aromatic ring is 1. The molecule has 6 nitrogen and oxygen atoms in total. The predicted molar refractivity (Wildman–Crippen MR) is 73.0 cm³/mol. The fourth-order valence-corrected chi connectivity index (χ4v) is 3.25. The molecular formula is C12H20N2O4S. The van der Waals surface area contributed by atoms with Crippen molar-refractivity contribution in [2.45, 2.75) is 31.0 Å². The Kier molecular flexibility index (Phi) is 5.30. The molecule has 2 atom stereocenters. The molecule has 0 amide bonds. The first-order valence-corrected chi connectivity index (χ1v) is 7.39. The predicted octanol–water partition coefficient (Wildman–Crippen LogP) is 0.0211. The van der Waals surface area contributed by atoms with Crippen LogP contribution in [0.15, 0.2) is 29.2 Å². The van der Waals surface area contributed by atoms with Crippen LogP contribution in [0.25, 0.3) is 0 Å². The number of nitrogens with zero attached hydrogens (tertiary/aromatic N) is 1. The van der Waals surface area contributed by atoms with Gasteiger partial charge in [-0.3, -0.25) is 0 Å². The molecule has 108 valence electrons. The number of aliphatic hydroxyl groups excluding tert-OH is 2. The Balaban J connectivity index is 3.07. The van der Waals surface area contributed by atoms with Crippen molar-refractivity contribution in [2.24, 2.45) is 0 Å². The highest BCUT2D eigenvalue weighted by atomic mass is 32.2. The van der Waals surface area contributed by atoms with Gasteiger partial charge in [-0.2, -0.15) is 4.31 Å². The van der Waals surface area contributed by atoms with Crippen LogP contribution in [0.4, 0.5) is 5.69 Å². The minimum absolute atomic E-state index is 0.0718. The summed E-state index contributed by atoms with van der Waals surface area (Å²) in [7, 11) is -3.75. The molecule has 0 radical (unpaired) electrons. The third-order valence-electron chi connectivity index (χ3n) is 2.45. The molecule has 19 heavy (non-hydrogen) atoms. The number of hydrogen-bond donors (Lipinski definition) is 3. The Morgan fingerprint density at radius 3 is 1.89 bits per heavy atom. The van der Waals surface area contributed by atoms with Crippen LogP contribution >= 0.6 is 0 Å². The van der Waals surface area contributed by atoms with E-state index in [0.717, 1.165) is 4.31 Å². The average Bonchev–Trinajstić information content (AvgIpc) is 2.27. The van der Waals surface area contributed by atoms with Crippen molar-refractivity contribution < 1.29 is 18.6 Å². The summed E-state index contributed by atoms with van der Waals surface area (Å²) < 4.78 is 25.8. The molecule has 0 fully saturated rings. The highest BCUT2D eigenvalue weighted by molar-refractivity contribution is 7.89. The van der Waals surface area contributed by atoms with Crippen LogP contribution < -0.4 is 5.73 Å². The molecule has 0 heterocycles. The van der Waals surface area contributed by atoms with E-state index >= 15 is 0 Å². The van der Waals surface area contributed by atoms with Crippen LogP contribution in [0.5, 0.6) is 0 Å². The van der Waals surface area contributed by atoms with Gasteiger partial charge < -0.3 is 15.9 Å². The molecule has 4 N–H and O–H groups in total. The van der Waals surface area contributed by atoms with Gasteiger partial charge in [0.15, 0.2) is 0 Å². The average molecular weight is 288 g/mol. The van der Waals surface area contributed by atoms with Gasteiger partial charge in [-0.05, 0) is 38.1 Å². The quantitative estimate of drug-likeness (QED) is 0.640. The van der Waals surface area contributed by atoms with Crippen molar-refractivity contribution in [3.8, 4) is 0 Å². The summed E-state index contributed by atoms with van der Waals surface area (Å²) in [6, 6.07) is 5.80. The summed E-state index contributed by atoms with van der Waals surface area (Å²) in [6.45, 7) is 2.84. The molecule has 1 aromatic carbocycles. The number of anilines is 1. The smallest absolute Gasteiger partial charge is 0.243 e. The fraction of sp³-hybridized carbons (Fsp3) is 0.500. The molecule has 7 heteroatoms. The number of nitrogens with two attached hydrogens (primary N) is 1. The molecule has 0 aromatic heterocycles. The van der Waals surface area contributed by atoms with Gasteiger partial charge in [-0.15, -0.1) is 0 Å². The molecule has 0 saturated carbocycles. The topological polar surface area (TPSA) is 104 Å². The Hall–Kier alpha value is -1.15. The molecule has 1 aromatic rings. The second kappa shape index (κ2) is 6.33. The zero-order valence-corrected chi connectivity index (χ0v) is 11.8. The summed E-state index contributed by atoms with van der Waals surface area (Å²) in [5.41, 5.74) is 5.99. The standard InChI is InChI=1S/C12H20N2O4S/c1-9(15)7-14(8-10(2)16)19(17,18)12-5-3-11(13)4-6-12/h3-6,9-10,15-16H,7-8,13H2,1-2H3/t9-,10+. The van der Waals surface area contributed by atoms with E-state index in [1.807, 2.05) is 0 Å². The summed E-state index contributed by atoms with van der Waals surface area (Å²) >= 11 is 0. The van der Waals surface area contributed by atoms with E-state index in [1.54, 1.807) is 0 Å². The van der Waals surface area contributed by atoms with Crippen LogP contribution in [0.3, 0.4) is 0 Å². The monoisotopic (exact) mass is 288 g/mol. The molecule has 0 unspecified atom stereocenters. The van der Waals surface area contributed by atoms with Crippen molar-refractivity contribution in [3.05, 3.63) is 24.3 Å². The molecule has 0 aliphatic heterocycles. The Bertz CT molecular complexity index is 487. The second-order valence-corrected chi connectivity index (χ2v) is 6.53. The van der Waals surface area contributed by atoms with Gasteiger partial charge in [-0.25, -0.2) is 8.42 Å². The van der Waals surface area contributed by atoms with Gasteiger partial charge >= 0.3 is 0 Å². The van der Waals surface area contributed by atoms with Gasteiger partial charge in [0.2, 0.25) is 10.0 Å². The largest absolute Gasteiger partial charge is 0.399 e. The van der Waals surface area contributed by atoms with Crippen LogP contribution in [0.1, 0.15) is 13.8 Å². The van der Waals surface area contributed by atoms with Gasteiger partial charge in [-0.1, -0.05) is 0 Å². The maximum atomic E-state index is 12.4. The third-order valence-corrected chi connectivity index (χ3v) is 4.30. The van der Waals surface area contributed by atoms with Gasteiger partial charge in [0.05, 0.1) is 17.1 Å². The van der Waals surface area contributed by atoms with E-state index in [4.69, 9.17) is 5.73 Å². The first kappa shape index (κ1) is 15.9. The molecule has 0 spiro atoms. The van der Waals surface area contributed by atoms with Crippen LogP contribution in [0.2, 0.25) is 0 Å². The van der Waals surface area contributed by atoms with Crippen LogP contribution in [-0.4, -0.2) is 48.2 Å². The summed E-state index contributed by atoms with van der Waals surface area (Å²) in [5.74, 6) is 0. The number of sulfonamides is 1. The molecule has 0 saturated heterocycles. The molecule has 0 aliphatic carbocycles. The molecule has 0 aliphatic rings. The van der Waals surface area contributed by atoms with Crippen molar-refractivity contribution in [2.75, 3.05) is 18.8 Å². The second-order valence-electron chi connectivity index (χ2n) is 4.59. The van der Waals surface area contributed by atoms with E-state index in [0.29, 0.717) is 5.69 Å². The van der Waals surface area contributed by atoms with Crippen molar-refractivity contribution >= 4 is 15.7 Å². The highest BCUT2D eigenvalue weighted by Gasteiger charge is 2.26. The maximum absolute atomic E-state index is 12.4. The zero-order valence-electron chi connectivity index (χ0n) is 11.0. The Labute approximate surface area is 113 Å². The van der Waals surface area contributed by atoms with E-state index in [9.17, 15) is 18.6 Å². The van der Waals surface area contributed by atoms with E-state index < -0.39 is 22.2 Å². The van der Waals surface area contributed by atoms with Gasteiger partial charge in [0, 0.05) is 18.8 Å². The van der Waals surface area contributed by atoms with Crippen molar-refractivity contribution in [1.82, 2.24) is 4.31 Å². The summed E-state index contributed by atoms with van der Waals surface area (Å²) in [5, 5.41) is 18.8. The van der Waals surface area contributed by atoms with Gasteiger partial charge in [0.1, 0.15) is 0 Å². The Morgan fingerprint density at radius 1 is 1.11 bits per heavy atom.